The quantitative estimate of drug-likeness (QED) is 0.276. The van der Waals surface area contributed by atoms with Gasteiger partial charge < -0.3 is 9.47 Å². The average Bonchev–Trinajstić information content (AvgIpc) is 3.66. The van der Waals surface area contributed by atoms with E-state index in [4.69, 9.17) is 11.6 Å². The van der Waals surface area contributed by atoms with Crippen LogP contribution in [0.25, 0.3) is 0 Å². The second-order valence-corrected chi connectivity index (χ2v) is 12.9. The van der Waals surface area contributed by atoms with E-state index < -0.39 is 21.9 Å². The first-order valence-electron chi connectivity index (χ1n) is 13.6. The third-order valence-corrected chi connectivity index (χ3v) is 9.81. The zero-order valence-electron chi connectivity index (χ0n) is 22.5. The second kappa shape index (κ2) is 11.0. The van der Waals surface area contributed by atoms with Crippen LogP contribution in [0.2, 0.25) is 5.02 Å². The molecule has 1 heterocycles. The van der Waals surface area contributed by atoms with Crippen molar-refractivity contribution in [2.75, 3.05) is 4.90 Å². The van der Waals surface area contributed by atoms with E-state index in [1.807, 2.05) is 60.3 Å². The van der Waals surface area contributed by atoms with Crippen LogP contribution in [0.3, 0.4) is 0 Å². The molecule has 0 bridgehead atoms. The summed E-state index contributed by atoms with van der Waals surface area (Å²) in [6.07, 6.45) is 6.56. The largest absolute Gasteiger partial charge is 0.337 e. The molecule has 0 saturated heterocycles. The maximum Gasteiger partial charge on any atom is 0.241 e. The topological polar surface area (TPSA) is 84.3 Å². The molecule has 3 atom stereocenters. The molecular weight excluding hydrogens is 563 g/mol. The van der Waals surface area contributed by atoms with Gasteiger partial charge in [0.1, 0.15) is 11.6 Å². The van der Waals surface area contributed by atoms with Gasteiger partial charge in [-0.3, -0.25) is 4.79 Å². The molecule has 0 aliphatic heterocycles. The zero-order valence-corrected chi connectivity index (χ0v) is 24.1. The number of carbonyl (C=O) groups excluding carboxylic acids is 1. The van der Waals surface area contributed by atoms with Gasteiger partial charge in [0, 0.05) is 42.1 Å². The Labute approximate surface area is 244 Å². The second-order valence-electron chi connectivity index (χ2n) is 10.8. The molecule has 3 aromatic carbocycles. The third-order valence-electron chi connectivity index (χ3n) is 8.07. The molecule has 1 aromatic heterocycles. The minimum absolute atomic E-state index is 0.00662. The standard InChI is InChI=1S/C31H30ClFN4O3S/c1-36-16-15-34-30(36)19-37(31(38)28-18-26(28)21-5-8-22(32)9-6-21)24-12-7-20-3-2-4-29(27(20)17-24)35-41(39,40)25-13-10-23(33)11-14-25/h5-17,26,28-29,35H,2-4,18-19H2,1H3/t26-,28-,29+/m1/s1. The lowest BCUT2D eigenvalue weighted by atomic mass is 9.87. The number of hydrogen-bond donors (Lipinski definition) is 1. The summed E-state index contributed by atoms with van der Waals surface area (Å²) < 4.78 is 44.5. The Morgan fingerprint density at radius 2 is 1.88 bits per heavy atom. The van der Waals surface area contributed by atoms with E-state index in [-0.39, 0.29) is 29.2 Å². The molecule has 0 spiro atoms. The van der Waals surface area contributed by atoms with Crippen molar-refractivity contribution in [3.63, 3.8) is 0 Å². The number of rotatable bonds is 8. The van der Waals surface area contributed by atoms with E-state index >= 15 is 0 Å². The van der Waals surface area contributed by atoms with Crippen LogP contribution in [0.1, 0.15) is 53.7 Å². The first-order chi connectivity index (χ1) is 19.7. The molecule has 6 rings (SSSR count). The number of sulfonamides is 1. The molecule has 4 aromatic rings. The molecule has 212 valence electrons. The maximum absolute atomic E-state index is 14.0. The van der Waals surface area contributed by atoms with Crippen LogP contribution in [0, 0.1) is 11.7 Å². The van der Waals surface area contributed by atoms with E-state index in [0.29, 0.717) is 17.1 Å². The molecule has 1 fully saturated rings. The maximum atomic E-state index is 14.0. The van der Waals surface area contributed by atoms with Crippen molar-refractivity contribution in [1.82, 2.24) is 14.3 Å². The van der Waals surface area contributed by atoms with Gasteiger partial charge >= 0.3 is 0 Å². The molecule has 10 heteroatoms. The van der Waals surface area contributed by atoms with Crippen LogP contribution < -0.4 is 9.62 Å². The Balaban J connectivity index is 1.31. The van der Waals surface area contributed by atoms with Crippen LogP contribution in [-0.4, -0.2) is 23.9 Å². The number of benzene rings is 3. The highest BCUT2D eigenvalue weighted by molar-refractivity contribution is 7.89. The third kappa shape index (κ3) is 5.80. The first kappa shape index (κ1) is 27.6. The Hall–Kier alpha value is -3.53. The summed E-state index contributed by atoms with van der Waals surface area (Å²) in [6, 6.07) is 17.8. The van der Waals surface area contributed by atoms with Crippen molar-refractivity contribution >= 4 is 33.2 Å². The minimum atomic E-state index is -3.88. The van der Waals surface area contributed by atoms with Crippen molar-refractivity contribution in [2.45, 2.75) is 49.1 Å². The summed E-state index contributed by atoms with van der Waals surface area (Å²) in [7, 11) is -1.99. The molecular formula is C31H30ClFN4O3S. The molecule has 2 aliphatic rings. The fourth-order valence-corrected chi connectivity index (χ4v) is 7.05. The van der Waals surface area contributed by atoms with Gasteiger partial charge in [0.05, 0.1) is 11.4 Å². The van der Waals surface area contributed by atoms with E-state index in [1.54, 1.807) is 11.1 Å². The van der Waals surface area contributed by atoms with Crippen molar-refractivity contribution in [3.8, 4) is 0 Å². The van der Waals surface area contributed by atoms with Crippen molar-refractivity contribution < 1.29 is 17.6 Å². The molecule has 1 amide bonds. The van der Waals surface area contributed by atoms with Gasteiger partial charge in [0.25, 0.3) is 0 Å². The molecule has 2 aliphatic carbocycles. The monoisotopic (exact) mass is 592 g/mol. The number of anilines is 1. The smallest absolute Gasteiger partial charge is 0.241 e. The summed E-state index contributed by atoms with van der Waals surface area (Å²) in [6.45, 7) is 0.289. The van der Waals surface area contributed by atoms with Gasteiger partial charge in [-0.05, 0) is 96.8 Å². The van der Waals surface area contributed by atoms with Crippen molar-refractivity contribution in [1.29, 1.82) is 0 Å². The van der Waals surface area contributed by atoms with Crippen LogP contribution in [0.15, 0.2) is 84.0 Å². The van der Waals surface area contributed by atoms with E-state index in [0.717, 1.165) is 53.9 Å². The Morgan fingerprint density at radius 1 is 1.12 bits per heavy atom. The fraction of sp³-hybridized carbons (Fsp3) is 0.290. The molecule has 1 N–H and O–H groups in total. The average molecular weight is 593 g/mol. The Bertz CT molecular complexity index is 1690. The summed E-state index contributed by atoms with van der Waals surface area (Å²) in [5, 5.41) is 0.660. The molecule has 1 saturated carbocycles. The van der Waals surface area contributed by atoms with E-state index in [2.05, 4.69) is 9.71 Å². The molecule has 7 nitrogen and oxygen atoms in total. The van der Waals surface area contributed by atoms with E-state index in [1.165, 1.54) is 12.1 Å². The predicted octanol–water partition coefficient (Wildman–Crippen LogP) is 5.91. The Kier molecular flexibility index (Phi) is 7.44. The predicted molar refractivity (Wildman–Crippen MR) is 156 cm³/mol. The highest BCUT2D eigenvalue weighted by Crippen LogP contribution is 2.49. The summed E-state index contributed by atoms with van der Waals surface area (Å²) in [4.78, 5) is 20.2. The van der Waals surface area contributed by atoms with Crippen LogP contribution in [-0.2, 0) is 34.8 Å². The number of aromatic nitrogens is 2. The fourth-order valence-electron chi connectivity index (χ4n) is 5.68. The molecule has 0 radical (unpaired) electrons. The van der Waals surface area contributed by atoms with Gasteiger partial charge in [-0.25, -0.2) is 22.5 Å². The lowest BCUT2D eigenvalue weighted by molar-refractivity contribution is -0.120. The van der Waals surface area contributed by atoms with Gasteiger partial charge in [0.2, 0.25) is 15.9 Å². The number of halogens is 2. The summed E-state index contributed by atoms with van der Waals surface area (Å²) in [5.41, 5.74) is 3.68. The van der Waals surface area contributed by atoms with Gasteiger partial charge in [0.15, 0.2) is 0 Å². The van der Waals surface area contributed by atoms with Crippen molar-refractivity contribution in [2.24, 2.45) is 13.0 Å². The normalized spacial score (nSPS) is 19.9. The van der Waals surface area contributed by atoms with Crippen LogP contribution in [0.4, 0.5) is 10.1 Å². The number of nitrogens with zero attached hydrogens (tertiary/aromatic N) is 3. The summed E-state index contributed by atoms with van der Waals surface area (Å²) >= 11 is 6.07. The number of imidazole rings is 1. The number of carbonyl (C=O) groups is 1. The van der Waals surface area contributed by atoms with Crippen LogP contribution in [0.5, 0.6) is 0 Å². The zero-order chi connectivity index (χ0) is 28.7. The lowest BCUT2D eigenvalue weighted by Crippen LogP contribution is -2.34. The van der Waals surface area contributed by atoms with Gasteiger partial charge in [-0.1, -0.05) is 29.8 Å². The highest BCUT2D eigenvalue weighted by Gasteiger charge is 2.46. The number of hydrogen-bond acceptors (Lipinski definition) is 4. The van der Waals surface area contributed by atoms with Gasteiger partial charge in [-0.2, -0.15) is 0 Å². The highest BCUT2D eigenvalue weighted by atomic mass is 35.5. The number of fused-ring (bicyclic) bond motifs is 1. The first-order valence-corrected chi connectivity index (χ1v) is 15.5. The Morgan fingerprint density at radius 3 is 2.59 bits per heavy atom. The lowest BCUT2D eigenvalue weighted by Gasteiger charge is -2.29. The van der Waals surface area contributed by atoms with Crippen LogP contribution >= 0.6 is 11.6 Å². The SMILES string of the molecule is Cn1ccnc1CN(C(=O)[C@@H]1C[C@@H]1c1ccc(Cl)cc1)c1ccc2c(c1)[C@@H](NS(=O)(=O)c1ccc(F)cc1)CCC2. The number of nitrogens with one attached hydrogen (secondary N) is 1. The van der Waals surface area contributed by atoms with Crippen molar-refractivity contribution in [3.05, 3.63) is 112 Å². The number of amides is 1. The number of aryl methyl sites for hydroxylation is 2. The molecule has 41 heavy (non-hydrogen) atoms. The minimum Gasteiger partial charge on any atom is -0.337 e. The summed E-state index contributed by atoms with van der Waals surface area (Å²) in [5.74, 6) is 0.209. The molecule has 0 unspecified atom stereocenters. The van der Waals surface area contributed by atoms with E-state index in [9.17, 15) is 17.6 Å². The van der Waals surface area contributed by atoms with Gasteiger partial charge in [-0.15, -0.1) is 0 Å².